The molecule has 0 atom stereocenters. The zero-order chi connectivity index (χ0) is 18.1. The predicted molar refractivity (Wildman–Crippen MR) is 100 cm³/mol. The van der Waals surface area contributed by atoms with Crippen molar-refractivity contribution in [2.75, 3.05) is 12.4 Å². The molecule has 4 rings (SSSR count). The third-order valence-electron chi connectivity index (χ3n) is 4.73. The quantitative estimate of drug-likeness (QED) is 0.709. The minimum atomic E-state index is -0.290. The fourth-order valence-corrected chi connectivity index (χ4v) is 3.57. The maximum atomic E-state index is 12.8. The maximum absolute atomic E-state index is 12.8. The van der Waals surface area contributed by atoms with Crippen LogP contribution in [0.2, 0.25) is 5.02 Å². The van der Waals surface area contributed by atoms with Crippen LogP contribution in [0.5, 0.6) is 5.75 Å². The van der Waals surface area contributed by atoms with Gasteiger partial charge < -0.3 is 10.1 Å². The third kappa shape index (κ3) is 3.01. The van der Waals surface area contributed by atoms with Crippen molar-refractivity contribution in [2.45, 2.75) is 32.1 Å². The molecule has 0 bridgehead atoms. The lowest BCUT2D eigenvalue weighted by Crippen LogP contribution is -2.13. The first kappa shape index (κ1) is 16.8. The first-order valence-corrected chi connectivity index (χ1v) is 9.04. The molecule has 2 aromatic heterocycles. The van der Waals surface area contributed by atoms with Crippen LogP contribution in [0.4, 0.5) is 5.69 Å². The first-order valence-electron chi connectivity index (χ1n) is 8.67. The summed E-state index contributed by atoms with van der Waals surface area (Å²) in [5, 5.41) is 7.80. The van der Waals surface area contributed by atoms with E-state index in [4.69, 9.17) is 16.3 Å². The smallest absolute Gasteiger partial charge is 0.261 e. The van der Waals surface area contributed by atoms with Crippen LogP contribution in [-0.4, -0.2) is 27.6 Å². The Morgan fingerprint density at radius 1 is 1.23 bits per heavy atom. The number of aryl methyl sites for hydroxylation is 2. The van der Waals surface area contributed by atoms with Crippen molar-refractivity contribution in [2.24, 2.45) is 0 Å². The standard InChI is InChI=1S/C19H19ClN4O2/c1-26-17-8-7-13(20)9-15(17)23-19(25)14-11-22-24-16-6-4-2-3-5-12(16)10-21-18(14)24/h7-11H,2-6H2,1H3,(H,23,25). The van der Waals surface area contributed by atoms with Crippen molar-refractivity contribution in [3.8, 4) is 5.75 Å². The lowest BCUT2D eigenvalue weighted by molar-refractivity contribution is 0.102. The van der Waals surface area contributed by atoms with Gasteiger partial charge in [0.25, 0.3) is 5.91 Å². The van der Waals surface area contributed by atoms with Gasteiger partial charge in [0.2, 0.25) is 0 Å². The van der Waals surface area contributed by atoms with Crippen LogP contribution in [0.1, 0.15) is 40.9 Å². The summed E-state index contributed by atoms with van der Waals surface area (Å²) in [7, 11) is 1.55. The van der Waals surface area contributed by atoms with Gasteiger partial charge in [0.05, 0.1) is 19.0 Å². The summed E-state index contributed by atoms with van der Waals surface area (Å²) >= 11 is 6.04. The van der Waals surface area contributed by atoms with E-state index in [0.29, 0.717) is 27.7 Å². The number of methoxy groups -OCH3 is 1. The number of nitrogens with zero attached hydrogens (tertiary/aromatic N) is 3. The van der Waals surface area contributed by atoms with Crippen molar-refractivity contribution in [1.82, 2.24) is 14.6 Å². The lowest BCUT2D eigenvalue weighted by Gasteiger charge is -2.10. The summed E-state index contributed by atoms with van der Waals surface area (Å²) in [6, 6.07) is 5.08. The summed E-state index contributed by atoms with van der Waals surface area (Å²) in [5.41, 5.74) is 3.90. The minimum absolute atomic E-state index is 0.290. The number of hydrogen-bond acceptors (Lipinski definition) is 4. The predicted octanol–water partition coefficient (Wildman–Crippen LogP) is 3.91. The molecule has 1 aromatic carbocycles. The number of rotatable bonds is 3. The Balaban J connectivity index is 1.70. The third-order valence-corrected chi connectivity index (χ3v) is 4.96. The van der Waals surface area contributed by atoms with E-state index in [-0.39, 0.29) is 5.91 Å². The fourth-order valence-electron chi connectivity index (χ4n) is 3.40. The van der Waals surface area contributed by atoms with Crippen LogP contribution < -0.4 is 10.1 Å². The summed E-state index contributed by atoms with van der Waals surface area (Å²) in [4.78, 5) is 17.3. The van der Waals surface area contributed by atoms with E-state index in [2.05, 4.69) is 15.4 Å². The number of amides is 1. The minimum Gasteiger partial charge on any atom is -0.495 e. The normalized spacial score (nSPS) is 13.9. The number of fused-ring (bicyclic) bond motifs is 3. The second-order valence-electron chi connectivity index (χ2n) is 6.38. The number of benzene rings is 1. The Morgan fingerprint density at radius 2 is 2.08 bits per heavy atom. The number of carbonyl (C=O) groups excluding carboxylic acids is 1. The molecule has 7 heteroatoms. The topological polar surface area (TPSA) is 68.5 Å². The number of halogens is 1. The molecular formula is C19H19ClN4O2. The lowest BCUT2D eigenvalue weighted by atomic mass is 10.1. The summed E-state index contributed by atoms with van der Waals surface area (Å²) in [5.74, 6) is 0.252. The van der Waals surface area contributed by atoms with Crippen LogP contribution >= 0.6 is 11.6 Å². The highest BCUT2D eigenvalue weighted by molar-refractivity contribution is 6.31. The Bertz CT molecular complexity index is 983. The van der Waals surface area contributed by atoms with Gasteiger partial charge >= 0.3 is 0 Å². The molecule has 0 saturated heterocycles. The Morgan fingerprint density at radius 3 is 2.92 bits per heavy atom. The van der Waals surface area contributed by atoms with Crippen LogP contribution in [-0.2, 0) is 12.8 Å². The van der Waals surface area contributed by atoms with E-state index in [1.807, 2.05) is 10.7 Å². The molecule has 2 heterocycles. The van der Waals surface area contributed by atoms with Crippen LogP contribution in [0.25, 0.3) is 5.65 Å². The molecule has 0 saturated carbocycles. The SMILES string of the molecule is COc1ccc(Cl)cc1NC(=O)c1cnn2c3c(cnc12)CCCCC3. The number of anilines is 1. The maximum Gasteiger partial charge on any atom is 0.261 e. The molecule has 26 heavy (non-hydrogen) atoms. The van der Waals surface area contributed by atoms with Gasteiger partial charge in [-0.1, -0.05) is 18.0 Å². The monoisotopic (exact) mass is 370 g/mol. The molecule has 1 N–H and O–H groups in total. The van der Waals surface area contributed by atoms with Gasteiger partial charge in [0.1, 0.15) is 11.3 Å². The molecule has 0 unspecified atom stereocenters. The number of aromatic nitrogens is 3. The molecule has 1 amide bonds. The van der Waals surface area contributed by atoms with Crippen LogP contribution in [0.15, 0.2) is 30.6 Å². The second-order valence-corrected chi connectivity index (χ2v) is 6.82. The molecule has 0 aliphatic heterocycles. The second kappa shape index (κ2) is 6.96. The van der Waals surface area contributed by atoms with E-state index in [0.717, 1.165) is 25.0 Å². The van der Waals surface area contributed by atoms with Crippen LogP contribution in [0.3, 0.4) is 0 Å². The molecule has 0 spiro atoms. The highest BCUT2D eigenvalue weighted by atomic mass is 35.5. The van der Waals surface area contributed by atoms with E-state index in [1.165, 1.54) is 18.4 Å². The van der Waals surface area contributed by atoms with Gasteiger partial charge in [-0.25, -0.2) is 9.50 Å². The van der Waals surface area contributed by atoms with Crippen molar-refractivity contribution in [1.29, 1.82) is 0 Å². The molecule has 6 nitrogen and oxygen atoms in total. The number of nitrogens with one attached hydrogen (secondary N) is 1. The van der Waals surface area contributed by atoms with E-state index in [9.17, 15) is 4.79 Å². The molecule has 134 valence electrons. The van der Waals surface area contributed by atoms with Crippen LogP contribution in [0, 0.1) is 0 Å². The van der Waals surface area contributed by atoms with Gasteiger partial charge in [-0.15, -0.1) is 0 Å². The molecule has 0 fully saturated rings. The fraction of sp³-hybridized carbons (Fsp3) is 0.316. The van der Waals surface area contributed by atoms with E-state index in [1.54, 1.807) is 31.5 Å². The Hall–Kier alpha value is -2.60. The Kier molecular flexibility index (Phi) is 4.51. The Labute approximate surface area is 156 Å². The number of hydrogen-bond donors (Lipinski definition) is 1. The highest BCUT2D eigenvalue weighted by Gasteiger charge is 2.20. The van der Waals surface area contributed by atoms with Crippen molar-refractivity contribution >= 4 is 28.8 Å². The summed E-state index contributed by atoms with van der Waals surface area (Å²) in [6.45, 7) is 0. The zero-order valence-electron chi connectivity index (χ0n) is 14.5. The van der Waals surface area contributed by atoms with Gasteiger partial charge in [-0.05, 0) is 49.4 Å². The van der Waals surface area contributed by atoms with Gasteiger partial charge in [-0.2, -0.15) is 5.10 Å². The highest BCUT2D eigenvalue weighted by Crippen LogP contribution is 2.28. The average molecular weight is 371 g/mol. The largest absolute Gasteiger partial charge is 0.495 e. The van der Waals surface area contributed by atoms with Gasteiger partial charge in [-0.3, -0.25) is 4.79 Å². The molecule has 1 aliphatic rings. The first-order chi connectivity index (χ1) is 12.7. The summed E-state index contributed by atoms with van der Waals surface area (Å²) < 4.78 is 7.09. The summed E-state index contributed by atoms with van der Waals surface area (Å²) in [6.07, 6.45) is 8.93. The van der Waals surface area contributed by atoms with Crippen molar-refractivity contribution in [3.63, 3.8) is 0 Å². The van der Waals surface area contributed by atoms with E-state index >= 15 is 0 Å². The number of carbonyl (C=O) groups is 1. The molecule has 0 radical (unpaired) electrons. The molecule has 3 aromatic rings. The van der Waals surface area contributed by atoms with Crippen molar-refractivity contribution < 1.29 is 9.53 Å². The van der Waals surface area contributed by atoms with Gasteiger partial charge in [0, 0.05) is 16.9 Å². The zero-order valence-corrected chi connectivity index (χ0v) is 15.2. The molecule has 1 aliphatic carbocycles. The van der Waals surface area contributed by atoms with E-state index < -0.39 is 0 Å². The van der Waals surface area contributed by atoms with Gasteiger partial charge in [0.15, 0.2) is 5.65 Å². The molecular weight excluding hydrogens is 352 g/mol. The number of ether oxygens (including phenoxy) is 1. The van der Waals surface area contributed by atoms with Crippen molar-refractivity contribution in [3.05, 3.63) is 52.4 Å². The average Bonchev–Trinajstić information content (AvgIpc) is 2.92.